The van der Waals surface area contributed by atoms with Crippen molar-refractivity contribution < 1.29 is 13.2 Å². The van der Waals surface area contributed by atoms with Crippen molar-refractivity contribution in [2.45, 2.75) is 4.90 Å². The van der Waals surface area contributed by atoms with Gasteiger partial charge in [0.15, 0.2) is 0 Å². The number of fused-ring (bicyclic) bond motifs is 1. The second-order valence-corrected chi connectivity index (χ2v) is 6.63. The van der Waals surface area contributed by atoms with Gasteiger partial charge in [-0.15, -0.1) is 0 Å². The van der Waals surface area contributed by atoms with E-state index in [1.165, 1.54) is 19.4 Å². The molecule has 0 bridgehead atoms. The van der Waals surface area contributed by atoms with Crippen LogP contribution in [0.4, 0.5) is 5.69 Å². The molecule has 118 valence electrons. The number of aromatic nitrogens is 2. The molecular formula is C15H12ClN3O3S. The molecule has 1 aromatic heterocycles. The maximum Gasteiger partial charge on any atom is 0.262 e. The van der Waals surface area contributed by atoms with Crippen molar-refractivity contribution in [1.82, 2.24) is 9.97 Å². The fourth-order valence-corrected chi connectivity index (χ4v) is 3.60. The van der Waals surface area contributed by atoms with Gasteiger partial charge in [0.25, 0.3) is 10.0 Å². The van der Waals surface area contributed by atoms with Gasteiger partial charge in [0.05, 0.1) is 18.2 Å². The van der Waals surface area contributed by atoms with Crippen molar-refractivity contribution in [3.8, 4) is 5.88 Å². The summed E-state index contributed by atoms with van der Waals surface area (Å²) in [5.41, 5.74) is 0.116. The molecule has 23 heavy (non-hydrogen) atoms. The third kappa shape index (κ3) is 3.06. The third-order valence-corrected chi connectivity index (χ3v) is 4.81. The van der Waals surface area contributed by atoms with E-state index >= 15 is 0 Å². The van der Waals surface area contributed by atoms with E-state index in [-0.39, 0.29) is 21.7 Å². The first-order valence-corrected chi connectivity index (χ1v) is 8.44. The van der Waals surface area contributed by atoms with E-state index in [9.17, 15) is 8.42 Å². The topological polar surface area (TPSA) is 81.2 Å². The molecule has 2 aromatic carbocycles. The fourth-order valence-electron chi connectivity index (χ4n) is 2.20. The van der Waals surface area contributed by atoms with Gasteiger partial charge in [-0.2, -0.15) is 4.98 Å². The molecule has 0 unspecified atom stereocenters. The van der Waals surface area contributed by atoms with Gasteiger partial charge < -0.3 is 4.74 Å². The summed E-state index contributed by atoms with van der Waals surface area (Å²) in [5, 5.41) is 1.42. The maximum absolute atomic E-state index is 12.7. The summed E-state index contributed by atoms with van der Waals surface area (Å²) in [5.74, 6) is 0.0498. The van der Waals surface area contributed by atoms with Gasteiger partial charge in [0, 0.05) is 5.39 Å². The molecule has 0 atom stereocenters. The Labute approximate surface area is 138 Å². The third-order valence-electron chi connectivity index (χ3n) is 3.20. The lowest BCUT2D eigenvalue weighted by Crippen LogP contribution is -2.14. The standard InChI is InChI=1S/C15H12ClN3O3S/c1-22-14-12(9-17-15(16)18-14)19-23(20,21)13-8-4-6-10-5-2-3-7-11(10)13/h2-9,19H,1H3. The molecule has 3 rings (SSSR count). The van der Waals surface area contributed by atoms with E-state index in [2.05, 4.69) is 14.7 Å². The molecule has 0 aliphatic carbocycles. The van der Waals surface area contributed by atoms with Gasteiger partial charge in [-0.3, -0.25) is 4.72 Å². The number of sulfonamides is 1. The number of benzene rings is 2. The largest absolute Gasteiger partial charge is 0.479 e. The Hall–Kier alpha value is -2.38. The lowest BCUT2D eigenvalue weighted by atomic mass is 10.1. The number of halogens is 1. The maximum atomic E-state index is 12.7. The number of nitrogens with zero attached hydrogens (tertiary/aromatic N) is 2. The number of methoxy groups -OCH3 is 1. The van der Waals surface area contributed by atoms with Crippen LogP contribution in [0.3, 0.4) is 0 Å². The van der Waals surface area contributed by atoms with Crippen LogP contribution >= 0.6 is 11.6 Å². The average Bonchev–Trinajstić information content (AvgIpc) is 2.55. The van der Waals surface area contributed by atoms with Gasteiger partial charge in [0.2, 0.25) is 11.2 Å². The van der Waals surface area contributed by atoms with Crippen molar-refractivity contribution >= 4 is 38.1 Å². The van der Waals surface area contributed by atoms with Crippen LogP contribution in [0.2, 0.25) is 5.28 Å². The van der Waals surface area contributed by atoms with Gasteiger partial charge in [-0.1, -0.05) is 36.4 Å². The van der Waals surface area contributed by atoms with Crippen LogP contribution in [0.15, 0.2) is 53.6 Å². The summed E-state index contributed by atoms with van der Waals surface area (Å²) in [7, 11) is -2.47. The Morgan fingerprint density at radius 3 is 2.65 bits per heavy atom. The van der Waals surface area contributed by atoms with Gasteiger partial charge in [-0.05, 0) is 23.1 Å². The zero-order chi connectivity index (χ0) is 16.4. The van der Waals surface area contributed by atoms with E-state index < -0.39 is 10.0 Å². The summed E-state index contributed by atoms with van der Waals surface area (Å²) >= 11 is 5.68. The Kier molecular flexibility index (Phi) is 4.06. The number of rotatable bonds is 4. The fraction of sp³-hybridized carbons (Fsp3) is 0.0667. The summed E-state index contributed by atoms with van der Waals surface area (Å²) in [6, 6.07) is 12.3. The van der Waals surface area contributed by atoms with Crippen LogP contribution < -0.4 is 9.46 Å². The van der Waals surface area contributed by atoms with Crippen LogP contribution in [-0.2, 0) is 10.0 Å². The number of hydrogen-bond acceptors (Lipinski definition) is 5. The van der Waals surface area contributed by atoms with Crippen LogP contribution in [0.1, 0.15) is 0 Å². The highest BCUT2D eigenvalue weighted by Gasteiger charge is 2.20. The van der Waals surface area contributed by atoms with Gasteiger partial charge in [-0.25, -0.2) is 13.4 Å². The monoisotopic (exact) mass is 349 g/mol. The number of hydrogen-bond donors (Lipinski definition) is 1. The molecular weight excluding hydrogens is 338 g/mol. The van der Waals surface area contributed by atoms with Crippen molar-refractivity contribution in [2.75, 3.05) is 11.8 Å². The molecule has 0 spiro atoms. The molecule has 0 aliphatic heterocycles. The molecule has 3 aromatic rings. The molecule has 0 amide bonds. The van der Waals surface area contributed by atoms with E-state index in [1.807, 2.05) is 18.2 Å². The van der Waals surface area contributed by atoms with Crippen LogP contribution in [0.25, 0.3) is 10.8 Å². The van der Waals surface area contributed by atoms with Crippen molar-refractivity contribution in [1.29, 1.82) is 0 Å². The first kappa shape index (κ1) is 15.5. The number of anilines is 1. The normalized spacial score (nSPS) is 11.4. The highest BCUT2D eigenvalue weighted by molar-refractivity contribution is 7.93. The zero-order valence-corrected chi connectivity index (χ0v) is 13.6. The first-order chi connectivity index (χ1) is 11.0. The van der Waals surface area contributed by atoms with Gasteiger partial charge >= 0.3 is 0 Å². The Morgan fingerprint density at radius 1 is 1.13 bits per heavy atom. The predicted octanol–water partition coefficient (Wildman–Crippen LogP) is 3.09. The van der Waals surface area contributed by atoms with Crippen molar-refractivity contribution in [2.24, 2.45) is 0 Å². The quantitative estimate of drug-likeness (QED) is 0.732. The van der Waals surface area contributed by atoms with Crippen LogP contribution in [0.5, 0.6) is 5.88 Å². The Bertz CT molecular complexity index is 971. The zero-order valence-electron chi connectivity index (χ0n) is 12.0. The minimum absolute atomic E-state index is 0.0324. The second-order valence-electron chi connectivity index (χ2n) is 4.64. The predicted molar refractivity (Wildman–Crippen MR) is 88.4 cm³/mol. The lowest BCUT2D eigenvalue weighted by molar-refractivity contribution is 0.399. The minimum atomic E-state index is -3.84. The molecule has 0 saturated carbocycles. The Morgan fingerprint density at radius 2 is 1.87 bits per heavy atom. The Balaban J connectivity index is 2.08. The van der Waals surface area contributed by atoms with E-state index in [1.54, 1.807) is 18.2 Å². The minimum Gasteiger partial charge on any atom is -0.479 e. The molecule has 0 saturated heterocycles. The molecule has 0 aliphatic rings. The summed E-state index contributed by atoms with van der Waals surface area (Å²) in [6.45, 7) is 0. The van der Waals surface area contributed by atoms with E-state index in [4.69, 9.17) is 16.3 Å². The lowest BCUT2D eigenvalue weighted by Gasteiger charge is -2.12. The summed E-state index contributed by atoms with van der Waals surface area (Å²) < 4.78 is 32.9. The number of nitrogens with one attached hydrogen (secondary N) is 1. The molecule has 1 heterocycles. The van der Waals surface area contributed by atoms with Gasteiger partial charge in [0.1, 0.15) is 5.69 Å². The van der Waals surface area contributed by atoms with E-state index in [0.29, 0.717) is 5.39 Å². The molecule has 0 radical (unpaired) electrons. The van der Waals surface area contributed by atoms with Crippen LogP contribution in [-0.4, -0.2) is 25.5 Å². The first-order valence-electron chi connectivity index (χ1n) is 6.58. The number of ether oxygens (including phenoxy) is 1. The molecule has 6 nitrogen and oxygen atoms in total. The SMILES string of the molecule is COc1nc(Cl)ncc1NS(=O)(=O)c1cccc2ccccc12. The average molecular weight is 350 g/mol. The molecule has 8 heteroatoms. The van der Waals surface area contributed by atoms with Crippen molar-refractivity contribution in [3.63, 3.8) is 0 Å². The summed E-state index contributed by atoms with van der Waals surface area (Å²) in [4.78, 5) is 7.77. The highest BCUT2D eigenvalue weighted by atomic mass is 35.5. The highest BCUT2D eigenvalue weighted by Crippen LogP contribution is 2.28. The van der Waals surface area contributed by atoms with Crippen LogP contribution in [0, 0.1) is 0 Å². The second kappa shape index (κ2) is 6.02. The summed E-state index contributed by atoms with van der Waals surface area (Å²) in [6.07, 6.45) is 1.26. The van der Waals surface area contributed by atoms with E-state index in [0.717, 1.165) is 5.39 Å². The molecule has 1 N–H and O–H groups in total. The smallest absolute Gasteiger partial charge is 0.262 e. The van der Waals surface area contributed by atoms with Crippen molar-refractivity contribution in [3.05, 3.63) is 53.9 Å². The molecule has 0 fully saturated rings.